The maximum Gasteiger partial charge on any atom is 0.237 e. The molecule has 2 aromatic heterocycles. The van der Waals surface area contributed by atoms with Gasteiger partial charge in [0.15, 0.2) is 11.5 Å². The van der Waals surface area contributed by atoms with E-state index in [9.17, 15) is 9.59 Å². The lowest BCUT2D eigenvalue weighted by Crippen LogP contribution is -2.33. The first-order valence-electron chi connectivity index (χ1n) is 11.7. The number of pyridine rings is 1. The van der Waals surface area contributed by atoms with Crippen LogP contribution in [-0.4, -0.2) is 40.1 Å². The Morgan fingerprint density at radius 2 is 2.15 bits per heavy atom. The van der Waals surface area contributed by atoms with E-state index in [0.29, 0.717) is 19.0 Å². The topological polar surface area (TPSA) is 84.5 Å². The molecule has 1 N–H and O–H groups in total. The number of H-pyrrole nitrogens is 1. The molecule has 0 saturated heterocycles. The van der Waals surface area contributed by atoms with E-state index in [1.54, 1.807) is 25.6 Å². The third-order valence-electron chi connectivity index (χ3n) is 7.09. The van der Waals surface area contributed by atoms with Crippen molar-refractivity contribution in [3.63, 3.8) is 0 Å². The number of hydrogen-bond acceptors (Lipinski definition) is 6. The Kier molecular flexibility index (Phi) is 4.98. The van der Waals surface area contributed by atoms with Crippen molar-refractivity contribution in [1.29, 1.82) is 0 Å². The van der Waals surface area contributed by atoms with Gasteiger partial charge in [-0.05, 0) is 49.1 Å². The van der Waals surface area contributed by atoms with Crippen molar-refractivity contribution >= 4 is 28.7 Å². The van der Waals surface area contributed by atoms with Gasteiger partial charge in [-0.1, -0.05) is 18.6 Å². The van der Waals surface area contributed by atoms with Crippen molar-refractivity contribution in [2.24, 2.45) is 5.92 Å². The van der Waals surface area contributed by atoms with Gasteiger partial charge in [0.2, 0.25) is 11.7 Å². The van der Waals surface area contributed by atoms with Crippen LogP contribution in [0.3, 0.4) is 0 Å². The summed E-state index contributed by atoms with van der Waals surface area (Å²) in [5, 5.41) is 0.894. The SMILES string of the molecule is COc1cccc2c1CCN(C1=C(C(=O)C3CCC3)C(=O)/C(=C/c3c[nH]c4ncccc34)O1)C2. The summed E-state index contributed by atoms with van der Waals surface area (Å²) in [5.74, 6) is 0.923. The summed E-state index contributed by atoms with van der Waals surface area (Å²) in [5.41, 5.74) is 4.02. The molecule has 1 aromatic carbocycles. The summed E-state index contributed by atoms with van der Waals surface area (Å²) in [4.78, 5) is 36.3. The summed E-state index contributed by atoms with van der Waals surface area (Å²) in [6, 6.07) is 9.78. The number of nitrogens with one attached hydrogen (secondary N) is 1. The summed E-state index contributed by atoms with van der Waals surface area (Å²) in [6.45, 7) is 1.20. The van der Waals surface area contributed by atoms with Gasteiger partial charge in [-0.15, -0.1) is 0 Å². The highest BCUT2D eigenvalue weighted by atomic mass is 16.5. The van der Waals surface area contributed by atoms with Gasteiger partial charge in [0.05, 0.1) is 7.11 Å². The van der Waals surface area contributed by atoms with E-state index >= 15 is 0 Å². The molecule has 172 valence electrons. The zero-order valence-corrected chi connectivity index (χ0v) is 19.0. The molecule has 3 aromatic rings. The van der Waals surface area contributed by atoms with Gasteiger partial charge in [-0.25, -0.2) is 4.98 Å². The molecule has 1 fully saturated rings. The van der Waals surface area contributed by atoms with Gasteiger partial charge >= 0.3 is 0 Å². The van der Waals surface area contributed by atoms with E-state index in [1.807, 2.05) is 29.2 Å². The maximum absolute atomic E-state index is 13.5. The first-order chi connectivity index (χ1) is 16.6. The van der Waals surface area contributed by atoms with Crippen molar-refractivity contribution in [3.8, 4) is 5.75 Å². The number of carbonyl (C=O) groups is 2. The van der Waals surface area contributed by atoms with E-state index in [4.69, 9.17) is 9.47 Å². The van der Waals surface area contributed by atoms with Gasteiger partial charge < -0.3 is 19.4 Å². The molecular weight excluding hydrogens is 430 g/mol. The van der Waals surface area contributed by atoms with E-state index in [0.717, 1.165) is 53.6 Å². The van der Waals surface area contributed by atoms with Crippen LogP contribution in [0.1, 0.15) is 36.0 Å². The van der Waals surface area contributed by atoms with Crippen LogP contribution in [0.2, 0.25) is 0 Å². The lowest BCUT2D eigenvalue weighted by atomic mass is 9.79. The predicted molar refractivity (Wildman–Crippen MR) is 127 cm³/mol. The average Bonchev–Trinajstić information content (AvgIpc) is 3.38. The monoisotopic (exact) mass is 455 g/mol. The van der Waals surface area contributed by atoms with Gasteiger partial charge in [-0.3, -0.25) is 9.59 Å². The Morgan fingerprint density at radius 3 is 2.94 bits per heavy atom. The van der Waals surface area contributed by atoms with E-state index < -0.39 is 0 Å². The third-order valence-corrected chi connectivity index (χ3v) is 7.09. The zero-order valence-electron chi connectivity index (χ0n) is 19.0. The second kappa shape index (κ2) is 8.17. The largest absolute Gasteiger partial charge is 0.496 e. The molecule has 3 aliphatic rings. The minimum atomic E-state index is -0.332. The quantitative estimate of drug-likeness (QED) is 0.460. The zero-order chi connectivity index (χ0) is 23.2. The van der Waals surface area contributed by atoms with Crippen LogP contribution < -0.4 is 4.74 Å². The van der Waals surface area contributed by atoms with Crippen molar-refractivity contribution in [1.82, 2.24) is 14.9 Å². The molecule has 0 amide bonds. The Labute approximate surface area is 197 Å². The van der Waals surface area contributed by atoms with E-state index in [2.05, 4.69) is 16.0 Å². The number of aromatic nitrogens is 2. The number of fused-ring (bicyclic) bond motifs is 2. The molecule has 0 spiro atoms. The molecule has 0 unspecified atom stereocenters. The molecule has 0 atom stereocenters. The fourth-order valence-electron chi connectivity index (χ4n) is 5.01. The fraction of sp³-hybridized carbons (Fsp3) is 0.296. The summed E-state index contributed by atoms with van der Waals surface area (Å²) >= 11 is 0. The van der Waals surface area contributed by atoms with Gasteiger partial charge in [0.1, 0.15) is 17.0 Å². The number of aromatic amines is 1. The highest BCUT2D eigenvalue weighted by molar-refractivity contribution is 6.29. The number of benzene rings is 1. The minimum absolute atomic E-state index is 0.0910. The normalized spacial score (nSPS) is 19.4. The number of hydrogen-bond donors (Lipinski definition) is 1. The molecule has 34 heavy (non-hydrogen) atoms. The molecule has 7 heteroatoms. The first kappa shape index (κ1) is 20.7. The number of nitrogens with zero attached hydrogens (tertiary/aromatic N) is 2. The van der Waals surface area contributed by atoms with Crippen LogP contribution in [0.25, 0.3) is 17.1 Å². The van der Waals surface area contributed by atoms with Crippen molar-refractivity contribution in [2.75, 3.05) is 13.7 Å². The van der Waals surface area contributed by atoms with Crippen LogP contribution in [-0.2, 0) is 27.3 Å². The molecule has 7 nitrogen and oxygen atoms in total. The van der Waals surface area contributed by atoms with Gasteiger partial charge in [-0.2, -0.15) is 0 Å². The summed E-state index contributed by atoms with van der Waals surface area (Å²) in [7, 11) is 1.68. The number of ketones is 2. The van der Waals surface area contributed by atoms with Crippen LogP contribution >= 0.6 is 0 Å². The van der Waals surface area contributed by atoms with E-state index in [-0.39, 0.29) is 28.8 Å². The molecule has 4 heterocycles. The van der Waals surface area contributed by atoms with E-state index in [1.165, 1.54) is 5.56 Å². The fourth-order valence-corrected chi connectivity index (χ4v) is 5.01. The highest BCUT2D eigenvalue weighted by Gasteiger charge is 2.42. The molecule has 1 saturated carbocycles. The second-order valence-corrected chi connectivity index (χ2v) is 9.03. The Hall–Kier alpha value is -3.87. The summed E-state index contributed by atoms with van der Waals surface area (Å²) in [6.07, 6.45) is 8.66. The number of rotatable bonds is 5. The molecule has 1 aliphatic carbocycles. The second-order valence-electron chi connectivity index (χ2n) is 9.03. The van der Waals surface area contributed by atoms with Gasteiger partial charge in [0.25, 0.3) is 0 Å². The molecule has 6 rings (SSSR count). The van der Waals surface area contributed by atoms with Crippen molar-refractivity contribution < 1.29 is 19.1 Å². The van der Waals surface area contributed by atoms with Crippen LogP contribution in [0.15, 0.2) is 59.9 Å². The molecular formula is C27H25N3O4. The minimum Gasteiger partial charge on any atom is -0.496 e. The number of carbonyl (C=O) groups excluding carboxylic acids is 2. The molecule has 0 bridgehead atoms. The number of Topliss-reactive ketones (excluding diaryl/α,β-unsaturated/α-hetero) is 2. The van der Waals surface area contributed by atoms with Crippen LogP contribution in [0.4, 0.5) is 0 Å². The third kappa shape index (κ3) is 3.31. The number of methoxy groups -OCH3 is 1. The predicted octanol–water partition coefficient (Wildman–Crippen LogP) is 4.15. The lowest BCUT2D eigenvalue weighted by molar-refractivity contribution is -0.124. The summed E-state index contributed by atoms with van der Waals surface area (Å²) < 4.78 is 11.7. The Bertz CT molecular complexity index is 1380. The smallest absolute Gasteiger partial charge is 0.237 e. The number of allylic oxidation sites excluding steroid dienone is 1. The Morgan fingerprint density at radius 1 is 1.26 bits per heavy atom. The van der Waals surface area contributed by atoms with Crippen molar-refractivity contribution in [3.05, 3.63) is 76.6 Å². The highest BCUT2D eigenvalue weighted by Crippen LogP contribution is 2.39. The molecule has 2 aliphatic heterocycles. The van der Waals surface area contributed by atoms with Crippen LogP contribution in [0, 0.1) is 5.92 Å². The molecule has 0 radical (unpaired) electrons. The first-order valence-corrected chi connectivity index (χ1v) is 11.7. The van der Waals surface area contributed by atoms with Crippen LogP contribution in [0.5, 0.6) is 5.75 Å². The number of ether oxygens (including phenoxy) is 2. The lowest BCUT2D eigenvalue weighted by Gasteiger charge is -2.32. The van der Waals surface area contributed by atoms with Crippen molar-refractivity contribution in [2.45, 2.75) is 32.2 Å². The maximum atomic E-state index is 13.5. The Balaban J connectivity index is 1.37. The van der Waals surface area contributed by atoms with Gasteiger partial charge in [0, 0.05) is 47.9 Å². The standard InChI is InChI=1S/C27H25N3O4/c1-33-21-9-3-7-17-15-30(12-10-19(17)21)27-23(24(31)16-5-2-6-16)25(32)22(34-27)13-18-14-29-26-20(18)8-4-11-28-26/h3-4,7-9,11,13-14,16H,2,5-6,10,12,15H2,1H3,(H,28,29)/b22-13-. The average molecular weight is 456 g/mol.